The van der Waals surface area contributed by atoms with E-state index in [1.54, 1.807) is 11.0 Å². The molecule has 0 saturated heterocycles. The zero-order valence-corrected chi connectivity index (χ0v) is 13.2. The van der Waals surface area contributed by atoms with Gasteiger partial charge in [-0.05, 0) is 19.9 Å². The van der Waals surface area contributed by atoms with Gasteiger partial charge in [-0.25, -0.2) is 4.98 Å². The van der Waals surface area contributed by atoms with Crippen LogP contribution < -0.4 is 5.32 Å². The van der Waals surface area contributed by atoms with E-state index < -0.39 is 0 Å². The highest BCUT2D eigenvalue weighted by atomic mass is 16.4. The first kappa shape index (κ1) is 15.3. The van der Waals surface area contributed by atoms with Crippen LogP contribution in [0.1, 0.15) is 49.6 Å². The minimum atomic E-state index is -0.199. The van der Waals surface area contributed by atoms with Crippen LogP contribution in [0.25, 0.3) is 0 Å². The maximum atomic E-state index is 12.3. The van der Waals surface area contributed by atoms with E-state index in [9.17, 15) is 4.79 Å². The average Bonchev–Trinajstić information content (AvgIpc) is 2.97. The molecule has 2 aromatic heterocycles. The first-order chi connectivity index (χ1) is 9.77. The number of rotatable bonds is 4. The molecule has 0 spiro atoms. The first-order valence-corrected chi connectivity index (χ1v) is 7.01. The van der Waals surface area contributed by atoms with Gasteiger partial charge in [0.1, 0.15) is 18.4 Å². The molecule has 1 amide bonds. The van der Waals surface area contributed by atoms with Gasteiger partial charge in [-0.3, -0.25) is 9.48 Å². The van der Waals surface area contributed by atoms with E-state index in [4.69, 9.17) is 4.42 Å². The van der Waals surface area contributed by atoms with Gasteiger partial charge in [-0.1, -0.05) is 20.8 Å². The molecule has 2 rings (SSSR count). The standard InChI is InChI=1S/C15H22N4O2/c1-10-6-12(15(3,4)5)21-13(10)14(20)18-11(2)7-19-9-16-8-17-19/h6,8-9,11H,7H2,1-5H3,(H,18,20). The third kappa shape index (κ3) is 3.71. The van der Waals surface area contributed by atoms with E-state index >= 15 is 0 Å². The molecule has 0 bridgehead atoms. The highest BCUT2D eigenvalue weighted by Gasteiger charge is 2.23. The van der Waals surface area contributed by atoms with Crippen LogP contribution in [-0.4, -0.2) is 26.7 Å². The number of nitrogens with one attached hydrogen (secondary N) is 1. The Balaban J connectivity index is 2.05. The number of carbonyl (C=O) groups is 1. The molecule has 2 heterocycles. The van der Waals surface area contributed by atoms with Crippen molar-refractivity contribution in [1.29, 1.82) is 0 Å². The number of amides is 1. The lowest BCUT2D eigenvalue weighted by Crippen LogP contribution is -2.35. The summed E-state index contributed by atoms with van der Waals surface area (Å²) in [5.41, 5.74) is 0.737. The van der Waals surface area contributed by atoms with Crippen molar-refractivity contribution in [3.05, 3.63) is 35.8 Å². The molecule has 1 unspecified atom stereocenters. The SMILES string of the molecule is Cc1cc(C(C)(C)C)oc1C(=O)NC(C)Cn1cncn1. The summed E-state index contributed by atoms with van der Waals surface area (Å²) >= 11 is 0. The third-order valence-electron chi connectivity index (χ3n) is 3.17. The van der Waals surface area contributed by atoms with Gasteiger partial charge in [-0.15, -0.1) is 0 Å². The largest absolute Gasteiger partial charge is 0.455 e. The van der Waals surface area contributed by atoms with Gasteiger partial charge in [-0.2, -0.15) is 5.10 Å². The minimum absolute atomic E-state index is 0.0678. The normalized spacial score (nSPS) is 13.2. The summed E-state index contributed by atoms with van der Waals surface area (Å²) < 4.78 is 7.41. The molecule has 0 aliphatic rings. The van der Waals surface area contributed by atoms with Crippen LogP contribution in [0.4, 0.5) is 0 Å². The van der Waals surface area contributed by atoms with Gasteiger partial charge in [0.25, 0.3) is 5.91 Å². The van der Waals surface area contributed by atoms with E-state index in [-0.39, 0.29) is 17.4 Å². The van der Waals surface area contributed by atoms with Crippen molar-refractivity contribution in [3.63, 3.8) is 0 Å². The fourth-order valence-corrected chi connectivity index (χ4v) is 2.02. The Morgan fingerprint density at radius 3 is 2.71 bits per heavy atom. The lowest BCUT2D eigenvalue weighted by molar-refractivity contribution is 0.0903. The second-order valence-corrected chi connectivity index (χ2v) is 6.36. The number of aromatic nitrogens is 3. The average molecular weight is 290 g/mol. The molecule has 1 atom stereocenters. The summed E-state index contributed by atoms with van der Waals surface area (Å²) in [6.07, 6.45) is 3.10. The topological polar surface area (TPSA) is 73.0 Å². The fraction of sp³-hybridized carbons (Fsp3) is 0.533. The van der Waals surface area contributed by atoms with Crippen LogP contribution in [0.2, 0.25) is 0 Å². The summed E-state index contributed by atoms with van der Waals surface area (Å²) in [6, 6.07) is 1.86. The van der Waals surface area contributed by atoms with Crippen molar-refractivity contribution in [2.75, 3.05) is 0 Å². The van der Waals surface area contributed by atoms with Gasteiger partial charge >= 0.3 is 0 Å². The minimum Gasteiger partial charge on any atom is -0.455 e. The Labute approximate surface area is 124 Å². The maximum Gasteiger partial charge on any atom is 0.287 e. The number of carbonyl (C=O) groups excluding carboxylic acids is 1. The quantitative estimate of drug-likeness (QED) is 0.937. The molecule has 0 aromatic carbocycles. The molecule has 0 fully saturated rings. The van der Waals surface area contributed by atoms with Gasteiger partial charge < -0.3 is 9.73 Å². The monoisotopic (exact) mass is 290 g/mol. The van der Waals surface area contributed by atoms with Crippen molar-refractivity contribution >= 4 is 5.91 Å². The Hall–Kier alpha value is -2.11. The van der Waals surface area contributed by atoms with E-state index in [0.29, 0.717) is 12.3 Å². The van der Waals surface area contributed by atoms with Crippen LogP contribution in [0, 0.1) is 6.92 Å². The summed E-state index contributed by atoms with van der Waals surface area (Å²) in [5, 5.41) is 6.94. The number of aryl methyl sites for hydroxylation is 1. The van der Waals surface area contributed by atoms with Crippen molar-refractivity contribution in [1.82, 2.24) is 20.1 Å². The molecule has 21 heavy (non-hydrogen) atoms. The maximum absolute atomic E-state index is 12.3. The smallest absolute Gasteiger partial charge is 0.287 e. The van der Waals surface area contributed by atoms with Crippen molar-refractivity contribution in [2.45, 2.75) is 52.6 Å². The molecule has 1 N–H and O–H groups in total. The molecule has 0 radical (unpaired) electrons. The van der Waals surface area contributed by atoms with Crippen LogP contribution in [0.3, 0.4) is 0 Å². The number of hydrogen-bond donors (Lipinski definition) is 1. The predicted molar refractivity (Wildman–Crippen MR) is 79.1 cm³/mol. The van der Waals surface area contributed by atoms with Crippen LogP contribution in [0.15, 0.2) is 23.1 Å². The number of hydrogen-bond acceptors (Lipinski definition) is 4. The van der Waals surface area contributed by atoms with E-state index in [2.05, 4.69) is 36.2 Å². The zero-order chi connectivity index (χ0) is 15.6. The molecule has 6 nitrogen and oxygen atoms in total. The van der Waals surface area contributed by atoms with Gasteiger partial charge in [0.15, 0.2) is 5.76 Å². The second kappa shape index (κ2) is 5.71. The summed E-state index contributed by atoms with van der Waals surface area (Å²) in [5.74, 6) is 0.995. The molecule has 0 aliphatic carbocycles. The molecule has 0 aliphatic heterocycles. The molecular formula is C15H22N4O2. The number of nitrogens with zero attached hydrogens (tertiary/aromatic N) is 3. The van der Waals surface area contributed by atoms with Crippen LogP contribution in [-0.2, 0) is 12.0 Å². The van der Waals surface area contributed by atoms with Crippen molar-refractivity contribution in [3.8, 4) is 0 Å². The Kier molecular flexibility index (Phi) is 4.16. The lowest BCUT2D eigenvalue weighted by atomic mass is 9.93. The highest BCUT2D eigenvalue weighted by Crippen LogP contribution is 2.26. The Morgan fingerprint density at radius 2 is 2.19 bits per heavy atom. The van der Waals surface area contributed by atoms with Crippen LogP contribution in [0.5, 0.6) is 0 Å². The summed E-state index contributed by atoms with van der Waals surface area (Å²) in [4.78, 5) is 16.2. The Bertz CT molecular complexity index is 608. The van der Waals surface area contributed by atoms with E-state index in [0.717, 1.165) is 11.3 Å². The van der Waals surface area contributed by atoms with E-state index in [1.807, 2.05) is 19.9 Å². The predicted octanol–water partition coefficient (Wildman–Crippen LogP) is 2.30. The van der Waals surface area contributed by atoms with Crippen LogP contribution >= 0.6 is 0 Å². The first-order valence-electron chi connectivity index (χ1n) is 7.01. The number of furan rings is 1. The lowest BCUT2D eigenvalue weighted by Gasteiger charge is -2.15. The molecule has 6 heteroatoms. The second-order valence-electron chi connectivity index (χ2n) is 6.36. The zero-order valence-electron chi connectivity index (χ0n) is 13.2. The summed E-state index contributed by atoms with van der Waals surface area (Å²) in [7, 11) is 0. The van der Waals surface area contributed by atoms with Crippen molar-refractivity contribution < 1.29 is 9.21 Å². The molecule has 114 valence electrons. The molecule has 0 saturated carbocycles. The molecule has 2 aromatic rings. The van der Waals surface area contributed by atoms with Crippen molar-refractivity contribution in [2.24, 2.45) is 0 Å². The molecular weight excluding hydrogens is 268 g/mol. The fourth-order valence-electron chi connectivity index (χ4n) is 2.02. The Morgan fingerprint density at radius 1 is 1.48 bits per heavy atom. The highest BCUT2D eigenvalue weighted by molar-refractivity contribution is 5.93. The van der Waals surface area contributed by atoms with Gasteiger partial charge in [0.2, 0.25) is 0 Å². The van der Waals surface area contributed by atoms with Gasteiger partial charge in [0.05, 0.1) is 6.54 Å². The van der Waals surface area contributed by atoms with Gasteiger partial charge in [0, 0.05) is 17.0 Å². The summed E-state index contributed by atoms with van der Waals surface area (Å²) in [6.45, 7) is 10.5. The van der Waals surface area contributed by atoms with E-state index in [1.165, 1.54) is 6.33 Å². The third-order valence-corrected chi connectivity index (χ3v) is 3.17.